The number of nitrogens with zero attached hydrogens (tertiary/aromatic N) is 2. The summed E-state index contributed by atoms with van der Waals surface area (Å²) in [7, 11) is 0. The molecular formula is C17H26N4O3S. The van der Waals surface area contributed by atoms with Crippen molar-refractivity contribution in [1.82, 2.24) is 20.5 Å². The fourth-order valence-electron chi connectivity index (χ4n) is 3.27. The number of hydrogen-bond donors (Lipinski definition) is 2. The largest absolute Gasteiger partial charge is 0.376 e. The Hall–Kier alpha value is -1.67. The maximum atomic E-state index is 12.3. The Bertz CT molecular complexity index is 592. The summed E-state index contributed by atoms with van der Waals surface area (Å²) < 4.78 is 5.51. The van der Waals surface area contributed by atoms with Crippen molar-refractivity contribution in [2.75, 3.05) is 26.2 Å². The van der Waals surface area contributed by atoms with Gasteiger partial charge in [-0.2, -0.15) is 0 Å². The van der Waals surface area contributed by atoms with Crippen LogP contribution < -0.4 is 10.6 Å². The Labute approximate surface area is 152 Å². The van der Waals surface area contributed by atoms with E-state index in [1.165, 1.54) is 0 Å². The van der Waals surface area contributed by atoms with E-state index in [0.717, 1.165) is 30.2 Å². The molecule has 0 saturated carbocycles. The van der Waals surface area contributed by atoms with Gasteiger partial charge in [0.1, 0.15) is 0 Å². The standard InChI is InChI=1S/C17H26N4O3S/c1-12-20-14(11-25-12)9-18-16(22)13-4-6-21(7-5-13)17(23)19-10-15-3-2-8-24-15/h11,13,15H,2-10H2,1H3,(H,18,22)(H,19,23). The van der Waals surface area contributed by atoms with E-state index in [-0.39, 0.29) is 24.0 Å². The number of thiazole rings is 1. The first-order valence-corrected chi connectivity index (χ1v) is 9.83. The van der Waals surface area contributed by atoms with Crippen molar-refractivity contribution in [2.24, 2.45) is 5.92 Å². The number of amides is 3. The third-order valence-electron chi connectivity index (χ3n) is 4.77. The van der Waals surface area contributed by atoms with Crippen molar-refractivity contribution in [3.05, 3.63) is 16.1 Å². The average Bonchev–Trinajstić information content (AvgIpc) is 3.29. The lowest BCUT2D eigenvalue weighted by Crippen LogP contribution is -2.48. The van der Waals surface area contributed by atoms with Crippen molar-refractivity contribution < 1.29 is 14.3 Å². The molecule has 3 rings (SSSR count). The summed E-state index contributed by atoms with van der Waals surface area (Å²) in [5, 5.41) is 8.87. The molecular weight excluding hydrogens is 340 g/mol. The first kappa shape index (κ1) is 18.1. The number of hydrogen-bond acceptors (Lipinski definition) is 5. The lowest BCUT2D eigenvalue weighted by Gasteiger charge is -2.31. The van der Waals surface area contributed by atoms with Crippen LogP contribution in [0.4, 0.5) is 4.79 Å². The molecule has 138 valence electrons. The Morgan fingerprint density at radius 1 is 1.32 bits per heavy atom. The molecule has 8 heteroatoms. The van der Waals surface area contributed by atoms with E-state index in [0.29, 0.717) is 39.0 Å². The number of piperidine rings is 1. The number of likely N-dealkylation sites (tertiary alicyclic amines) is 1. The fourth-order valence-corrected chi connectivity index (χ4v) is 3.89. The van der Waals surface area contributed by atoms with Gasteiger partial charge in [-0.05, 0) is 32.6 Å². The molecule has 3 heterocycles. The van der Waals surface area contributed by atoms with E-state index in [2.05, 4.69) is 15.6 Å². The van der Waals surface area contributed by atoms with Crippen LogP contribution in [0.25, 0.3) is 0 Å². The van der Waals surface area contributed by atoms with Gasteiger partial charge < -0.3 is 20.3 Å². The molecule has 0 spiro atoms. The average molecular weight is 366 g/mol. The molecule has 1 atom stereocenters. The van der Waals surface area contributed by atoms with Gasteiger partial charge in [0.15, 0.2) is 0 Å². The highest BCUT2D eigenvalue weighted by atomic mass is 32.1. The van der Waals surface area contributed by atoms with Crippen molar-refractivity contribution in [1.29, 1.82) is 0 Å². The Morgan fingerprint density at radius 3 is 2.76 bits per heavy atom. The summed E-state index contributed by atoms with van der Waals surface area (Å²) in [6, 6.07) is -0.0488. The molecule has 1 aromatic heterocycles. The number of carbonyl (C=O) groups excluding carboxylic acids is 2. The summed E-state index contributed by atoms with van der Waals surface area (Å²) in [5.41, 5.74) is 0.904. The number of carbonyl (C=O) groups is 2. The van der Waals surface area contributed by atoms with Gasteiger partial charge in [-0.25, -0.2) is 9.78 Å². The minimum absolute atomic E-state index is 0.0260. The van der Waals surface area contributed by atoms with E-state index in [1.54, 1.807) is 16.2 Å². The van der Waals surface area contributed by atoms with Gasteiger partial charge in [0, 0.05) is 37.5 Å². The highest BCUT2D eigenvalue weighted by Crippen LogP contribution is 2.18. The normalized spacial score (nSPS) is 21.3. The second-order valence-electron chi connectivity index (χ2n) is 6.66. The van der Waals surface area contributed by atoms with Crippen LogP contribution in [-0.4, -0.2) is 54.2 Å². The number of urea groups is 1. The topological polar surface area (TPSA) is 83.6 Å². The molecule has 1 aromatic rings. The predicted molar refractivity (Wildman–Crippen MR) is 95.4 cm³/mol. The van der Waals surface area contributed by atoms with Crippen molar-refractivity contribution in [3.63, 3.8) is 0 Å². The first-order valence-electron chi connectivity index (χ1n) is 8.95. The van der Waals surface area contributed by atoms with Crippen molar-refractivity contribution >= 4 is 23.3 Å². The van der Waals surface area contributed by atoms with E-state index < -0.39 is 0 Å². The number of aryl methyl sites for hydroxylation is 1. The molecule has 2 aliphatic heterocycles. The first-order chi connectivity index (χ1) is 12.1. The fraction of sp³-hybridized carbons (Fsp3) is 0.706. The SMILES string of the molecule is Cc1nc(CNC(=O)C2CCN(C(=O)NCC3CCCO3)CC2)cs1. The van der Waals surface area contributed by atoms with E-state index in [9.17, 15) is 9.59 Å². The van der Waals surface area contributed by atoms with Crippen molar-refractivity contribution in [2.45, 2.75) is 45.3 Å². The maximum Gasteiger partial charge on any atom is 0.317 e. The molecule has 3 amide bonds. The molecule has 25 heavy (non-hydrogen) atoms. The van der Waals surface area contributed by atoms with Gasteiger partial charge in [-0.3, -0.25) is 4.79 Å². The molecule has 2 saturated heterocycles. The molecule has 0 aliphatic carbocycles. The molecule has 1 unspecified atom stereocenters. The zero-order chi connectivity index (χ0) is 17.6. The minimum atomic E-state index is -0.0488. The second-order valence-corrected chi connectivity index (χ2v) is 7.72. The molecule has 0 aromatic carbocycles. The van der Waals surface area contributed by atoms with Crippen LogP contribution in [0.2, 0.25) is 0 Å². The second kappa shape index (κ2) is 8.62. The van der Waals surface area contributed by atoms with Crippen LogP contribution in [0.1, 0.15) is 36.4 Å². The minimum Gasteiger partial charge on any atom is -0.376 e. The quantitative estimate of drug-likeness (QED) is 0.830. The highest BCUT2D eigenvalue weighted by Gasteiger charge is 2.27. The highest BCUT2D eigenvalue weighted by molar-refractivity contribution is 7.09. The lowest BCUT2D eigenvalue weighted by molar-refractivity contribution is -0.126. The van der Waals surface area contributed by atoms with Gasteiger partial charge in [-0.1, -0.05) is 0 Å². The zero-order valence-corrected chi connectivity index (χ0v) is 15.4. The summed E-state index contributed by atoms with van der Waals surface area (Å²) in [5.74, 6) is 0.0343. The van der Waals surface area contributed by atoms with Gasteiger partial charge >= 0.3 is 6.03 Å². The van der Waals surface area contributed by atoms with Crippen LogP contribution in [0.15, 0.2) is 5.38 Å². The third-order valence-corrected chi connectivity index (χ3v) is 5.59. The number of nitrogens with one attached hydrogen (secondary N) is 2. The lowest BCUT2D eigenvalue weighted by atomic mass is 9.96. The van der Waals surface area contributed by atoms with E-state index in [4.69, 9.17) is 4.74 Å². The summed E-state index contributed by atoms with van der Waals surface area (Å²) in [6.07, 6.45) is 3.65. The summed E-state index contributed by atoms with van der Waals surface area (Å²) >= 11 is 1.59. The Kier molecular flexibility index (Phi) is 6.25. The van der Waals surface area contributed by atoms with Crippen LogP contribution in [0.3, 0.4) is 0 Å². The van der Waals surface area contributed by atoms with Crippen LogP contribution in [-0.2, 0) is 16.1 Å². The summed E-state index contributed by atoms with van der Waals surface area (Å²) in [4.78, 5) is 30.6. The van der Waals surface area contributed by atoms with Gasteiger partial charge in [0.2, 0.25) is 5.91 Å². The molecule has 2 aliphatic rings. The van der Waals surface area contributed by atoms with Crippen LogP contribution in [0.5, 0.6) is 0 Å². The monoisotopic (exact) mass is 366 g/mol. The third kappa shape index (κ3) is 5.15. The molecule has 7 nitrogen and oxygen atoms in total. The number of aromatic nitrogens is 1. The number of ether oxygens (including phenoxy) is 1. The number of rotatable bonds is 5. The molecule has 2 N–H and O–H groups in total. The Balaban J connectivity index is 1.35. The van der Waals surface area contributed by atoms with E-state index in [1.807, 2.05) is 12.3 Å². The Morgan fingerprint density at radius 2 is 2.12 bits per heavy atom. The van der Waals surface area contributed by atoms with Crippen LogP contribution in [0, 0.1) is 12.8 Å². The van der Waals surface area contributed by atoms with Crippen LogP contribution >= 0.6 is 11.3 Å². The van der Waals surface area contributed by atoms with Gasteiger partial charge in [0.25, 0.3) is 0 Å². The van der Waals surface area contributed by atoms with Gasteiger partial charge in [0.05, 0.1) is 23.4 Å². The van der Waals surface area contributed by atoms with Gasteiger partial charge in [-0.15, -0.1) is 11.3 Å². The maximum absolute atomic E-state index is 12.3. The van der Waals surface area contributed by atoms with E-state index >= 15 is 0 Å². The predicted octanol–water partition coefficient (Wildman–Crippen LogP) is 1.67. The smallest absolute Gasteiger partial charge is 0.317 e. The molecule has 0 radical (unpaired) electrons. The molecule has 2 fully saturated rings. The molecule has 0 bridgehead atoms. The summed E-state index contributed by atoms with van der Waals surface area (Å²) in [6.45, 7) is 5.03. The zero-order valence-electron chi connectivity index (χ0n) is 14.6. The van der Waals surface area contributed by atoms with Crippen molar-refractivity contribution in [3.8, 4) is 0 Å².